The van der Waals surface area contributed by atoms with Gasteiger partial charge in [-0.2, -0.15) is 5.26 Å². The molecule has 3 aliphatic rings. The summed E-state index contributed by atoms with van der Waals surface area (Å²) in [4.78, 5) is 0. The third-order valence-electron chi connectivity index (χ3n) is 14.0. The maximum Gasteiger partial charge on any atom is 0.201 e. The Morgan fingerprint density at radius 1 is 0.833 bits per heavy atom. The van der Waals surface area contributed by atoms with Crippen LogP contribution < -0.4 is 0 Å². The molecule has 3 nitrogen and oxygen atoms in total. The Bertz CT molecular complexity index is 1130. The number of hydrogen-bond acceptors (Lipinski definition) is 3. The Morgan fingerprint density at radius 2 is 1.38 bits per heavy atom. The summed E-state index contributed by atoms with van der Waals surface area (Å²) in [6.45, 7) is 38.8. The summed E-state index contributed by atoms with van der Waals surface area (Å²) < 4.78 is 15.2. The molecule has 6 atom stereocenters. The van der Waals surface area contributed by atoms with Gasteiger partial charge in [0.1, 0.15) is 0 Å². The number of fused-ring (bicyclic) bond motifs is 1. The van der Waals surface area contributed by atoms with Crippen molar-refractivity contribution in [1.82, 2.24) is 0 Å². The van der Waals surface area contributed by atoms with Gasteiger partial charge in [0, 0.05) is 12.8 Å². The molecule has 3 fully saturated rings. The summed E-state index contributed by atoms with van der Waals surface area (Å²) in [7, 11) is -4.19. The largest absolute Gasteiger partial charge is 0.413 e. The summed E-state index contributed by atoms with van der Waals surface area (Å²) in [5, 5.41) is 9.11. The maximum atomic E-state index is 9.11. The molecule has 0 aromatic rings. The molecule has 0 N–H and O–H groups in total. The van der Waals surface area contributed by atoms with Crippen molar-refractivity contribution in [2.24, 2.45) is 23.2 Å². The summed E-state index contributed by atoms with van der Waals surface area (Å²) in [6, 6.07) is 2.36. The second-order valence-corrected chi connectivity index (χ2v) is 29.3. The van der Waals surface area contributed by atoms with Crippen LogP contribution >= 0.6 is 0 Å². The molecular weight excluding hydrogens is 619 g/mol. The highest BCUT2D eigenvalue weighted by Gasteiger charge is 2.52. The van der Waals surface area contributed by atoms with E-state index in [0.717, 1.165) is 25.2 Å². The Hall–Kier alpha value is -0.936. The van der Waals surface area contributed by atoms with Crippen molar-refractivity contribution in [1.29, 1.82) is 5.26 Å². The predicted molar refractivity (Wildman–Crippen MR) is 213 cm³/mol. The Morgan fingerprint density at radius 3 is 1.90 bits per heavy atom. The Labute approximate surface area is 301 Å². The van der Waals surface area contributed by atoms with E-state index in [-0.39, 0.29) is 12.2 Å². The molecule has 48 heavy (non-hydrogen) atoms. The molecule has 0 aromatic heterocycles. The van der Waals surface area contributed by atoms with Crippen LogP contribution in [-0.4, -0.2) is 28.8 Å². The normalized spacial score (nSPS) is 29.7. The van der Waals surface area contributed by atoms with Crippen LogP contribution in [0.5, 0.6) is 0 Å². The molecule has 0 spiro atoms. The molecule has 0 aliphatic heterocycles. The highest BCUT2D eigenvalue weighted by molar-refractivity contribution is 6.78. The van der Waals surface area contributed by atoms with Crippen LogP contribution in [0.1, 0.15) is 161 Å². The van der Waals surface area contributed by atoms with Gasteiger partial charge in [-0.1, -0.05) is 121 Å². The average Bonchev–Trinajstić information content (AvgIpc) is 3.35. The van der Waals surface area contributed by atoms with Crippen LogP contribution in [0.3, 0.4) is 0 Å². The van der Waals surface area contributed by atoms with Gasteiger partial charge in [0.25, 0.3) is 0 Å². The monoisotopic (exact) mass is 696 g/mol. The summed E-state index contributed by atoms with van der Waals surface area (Å²) in [5.41, 5.74) is 7.92. The summed E-state index contributed by atoms with van der Waals surface area (Å²) in [6.07, 6.45) is 16.5. The van der Waals surface area contributed by atoms with Gasteiger partial charge in [0.05, 0.1) is 18.3 Å². The zero-order valence-electron chi connectivity index (χ0n) is 34.0. The fourth-order valence-corrected chi connectivity index (χ4v) is 23.0. The molecule has 0 radical (unpaired) electrons. The van der Waals surface area contributed by atoms with E-state index in [0.29, 0.717) is 56.9 Å². The minimum Gasteiger partial charge on any atom is -0.413 e. The lowest BCUT2D eigenvalue weighted by Crippen LogP contribution is -2.54. The summed E-state index contributed by atoms with van der Waals surface area (Å²) >= 11 is 0. The minimum absolute atomic E-state index is 0.0206. The smallest absolute Gasteiger partial charge is 0.201 e. The van der Waals surface area contributed by atoms with Gasteiger partial charge in [-0.05, 0) is 119 Å². The van der Waals surface area contributed by atoms with Crippen LogP contribution in [0, 0.1) is 34.5 Å². The average molecular weight is 696 g/mol. The number of unbranched alkanes of at least 4 members (excludes halogenated alkanes) is 1. The first-order valence-electron chi connectivity index (χ1n) is 20.2. The van der Waals surface area contributed by atoms with Crippen LogP contribution in [-0.2, 0) is 8.85 Å². The second kappa shape index (κ2) is 17.1. The number of allylic oxidation sites excluding steroid dienone is 3. The first-order chi connectivity index (χ1) is 22.4. The van der Waals surface area contributed by atoms with E-state index in [2.05, 4.69) is 115 Å². The molecule has 3 saturated carbocycles. The molecule has 0 heterocycles. The van der Waals surface area contributed by atoms with Crippen LogP contribution in [0.4, 0.5) is 0 Å². The molecule has 5 heteroatoms. The van der Waals surface area contributed by atoms with E-state index >= 15 is 0 Å². The third kappa shape index (κ3) is 8.24. The number of nitriles is 1. The molecule has 3 aliphatic carbocycles. The van der Waals surface area contributed by atoms with E-state index in [1.807, 2.05) is 0 Å². The zero-order valence-corrected chi connectivity index (χ0v) is 36.0. The van der Waals surface area contributed by atoms with Crippen molar-refractivity contribution in [3.8, 4) is 6.07 Å². The van der Waals surface area contributed by atoms with Crippen molar-refractivity contribution < 1.29 is 8.85 Å². The quantitative estimate of drug-likeness (QED) is 0.126. The lowest BCUT2D eigenvalue weighted by atomic mass is 9.60. The lowest BCUT2D eigenvalue weighted by molar-refractivity contribution is 0.0910. The van der Waals surface area contributed by atoms with E-state index in [1.165, 1.54) is 49.7 Å². The van der Waals surface area contributed by atoms with Crippen LogP contribution in [0.25, 0.3) is 0 Å². The van der Waals surface area contributed by atoms with Crippen LogP contribution in [0.2, 0.25) is 33.2 Å². The second-order valence-electron chi connectivity index (χ2n) is 18.5. The zero-order chi connectivity index (χ0) is 36.2. The number of hydrogen-bond donors (Lipinski definition) is 0. The van der Waals surface area contributed by atoms with Gasteiger partial charge in [0.15, 0.2) is 0 Å². The van der Waals surface area contributed by atoms with E-state index in [1.54, 1.807) is 5.57 Å². The highest BCUT2D eigenvalue weighted by atomic mass is 28.4. The van der Waals surface area contributed by atoms with Crippen molar-refractivity contribution >= 4 is 16.6 Å². The standard InChI is InChI=1S/C43H77NO2Si2/c1-29(2)47(30(3)4,31(5)6)45-39-27-38(36(14)42(28-39)46-48(32(7)8,33(9)10)34(11)12)22-21-37-20-18-25-43(15)40(23-24-41(37)43)35(13)19-16-17-26-44/h21-22,29-35,39-42H,14,16-20,23-25,27-28H2,1-13,15H3/t35-,39-,40-,41+,42+,43-/m1/s1. The molecule has 0 bridgehead atoms. The lowest BCUT2D eigenvalue weighted by Gasteiger charge is -2.49. The van der Waals surface area contributed by atoms with Gasteiger partial charge >= 0.3 is 0 Å². The molecule has 0 saturated heterocycles. The first-order valence-corrected chi connectivity index (χ1v) is 24.5. The van der Waals surface area contributed by atoms with E-state index in [4.69, 9.17) is 20.7 Å². The van der Waals surface area contributed by atoms with E-state index < -0.39 is 16.6 Å². The minimum atomic E-state index is -2.12. The molecule has 274 valence electrons. The molecule has 0 aromatic carbocycles. The Kier molecular flexibility index (Phi) is 14.7. The molecule has 3 rings (SSSR count). The van der Waals surface area contributed by atoms with Crippen molar-refractivity contribution in [2.75, 3.05) is 0 Å². The van der Waals surface area contributed by atoms with Gasteiger partial charge in [0.2, 0.25) is 16.6 Å². The SMILES string of the molecule is C=C1C(=CC=C2CCC[C@]3(C)[C@@H]([C@H](C)CCCC#N)CC[C@@H]23)C[C@@H](O[Si](C(C)C)(C(C)C)C(C)C)C[C@@H]1O[Si](C(C)C)(C(C)C)C(C)C. The van der Waals surface area contributed by atoms with Gasteiger partial charge in [-0.15, -0.1) is 0 Å². The van der Waals surface area contributed by atoms with Crippen molar-refractivity contribution in [2.45, 2.75) is 207 Å². The van der Waals surface area contributed by atoms with Crippen LogP contribution in [0.15, 0.2) is 35.5 Å². The third-order valence-corrected chi connectivity index (χ3v) is 26.3. The van der Waals surface area contributed by atoms with E-state index in [9.17, 15) is 0 Å². The molecule has 0 unspecified atom stereocenters. The fourth-order valence-electron chi connectivity index (χ4n) is 11.9. The fraction of sp³-hybridized carbons (Fsp3) is 0.837. The molecule has 0 amide bonds. The highest BCUT2D eigenvalue weighted by Crippen LogP contribution is 2.60. The first kappa shape index (κ1) is 41.5. The topological polar surface area (TPSA) is 42.2 Å². The predicted octanol–water partition coefficient (Wildman–Crippen LogP) is 13.9. The molecular formula is C43H77NO2Si2. The van der Waals surface area contributed by atoms with Crippen molar-refractivity contribution in [3.63, 3.8) is 0 Å². The number of rotatable bonds is 15. The van der Waals surface area contributed by atoms with Gasteiger partial charge in [-0.3, -0.25) is 0 Å². The maximum absolute atomic E-state index is 9.11. The Balaban J connectivity index is 2.02. The number of nitrogens with zero attached hydrogens (tertiary/aromatic N) is 1. The van der Waals surface area contributed by atoms with Gasteiger partial charge < -0.3 is 8.85 Å². The summed E-state index contributed by atoms with van der Waals surface area (Å²) in [5.74, 6) is 2.13. The van der Waals surface area contributed by atoms with Gasteiger partial charge in [-0.25, -0.2) is 0 Å². The van der Waals surface area contributed by atoms with Crippen molar-refractivity contribution in [3.05, 3.63) is 35.5 Å².